The summed E-state index contributed by atoms with van der Waals surface area (Å²) in [6, 6.07) is 7.34. The quantitative estimate of drug-likeness (QED) is 0.676. The van der Waals surface area contributed by atoms with Crippen molar-refractivity contribution in [3.8, 4) is 5.69 Å². The molecule has 0 bridgehead atoms. The van der Waals surface area contributed by atoms with Gasteiger partial charge in [0.2, 0.25) is 0 Å². The van der Waals surface area contributed by atoms with E-state index in [0.29, 0.717) is 18.7 Å². The molecule has 8 heteroatoms. The number of benzene rings is 1. The Hall–Kier alpha value is -3.03. The maximum atomic E-state index is 12.3. The summed E-state index contributed by atoms with van der Waals surface area (Å²) in [5.41, 5.74) is 1.34. The molecule has 0 aliphatic carbocycles. The van der Waals surface area contributed by atoms with E-state index in [9.17, 15) is 4.79 Å². The molecule has 22 heavy (non-hydrogen) atoms. The number of aryl methyl sites for hydroxylation is 1. The summed E-state index contributed by atoms with van der Waals surface area (Å²) in [6.07, 6.45) is 7.34. The van der Waals surface area contributed by atoms with E-state index in [1.54, 1.807) is 40.4 Å². The van der Waals surface area contributed by atoms with Crippen LogP contribution in [0, 0.1) is 0 Å². The molecule has 0 radical (unpaired) electrons. The van der Waals surface area contributed by atoms with Crippen molar-refractivity contribution >= 4 is 5.91 Å². The average Bonchev–Trinajstić information content (AvgIpc) is 3.24. The zero-order valence-electron chi connectivity index (χ0n) is 11.8. The van der Waals surface area contributed by atoms with E-state index in [1.807, 2.05) is 18.2 Å². The maximum Gasteiger partial charge on any atom is 0.253 e. The molecule has 0 saturated heterocycles. The van der Waals surface area contributed by atoms with E-state index in [1.165, 1.54) is 0 Å². The summed E-state index contributed by atoms with van der Waals surface area (Å²) in [5.74, 6) is -0.122. The number of carbonyl (C=O) groups excluding carboxylic acids is 1. The molecule has 3 aromatic rings. The van der Waals surface area contributed by atoms with E-state index >= 15 is 0 Å². The van der Waals surface area contributed by atoms with Crippen molar-refractivity contribution in [1.82, 2.24) is 35.1 Å². The summed E-state index contributed by atoms with van der Waals surface area (Å²) in [5, 5.41) is 18.1. The lowest BCUT2D eigenvalue weighted by Crippen LogP contribution is -2.26. The van der Waals surface area contributed by atoms with Crippen LogP contribution < -0.4 is 5.32 Å². The highest BCUT2D eigenvalue weighted by molar-refractivity contribution is 5.97. The van der Waals surface area contributed by atoms with Crippen LogP contribution in [0.25, 0.3) is 5.69 Å². The molecular weight excluding hydrogens is 282 g/mol. The van der Waals surface area contributed by atoms with Crippen LogP contribution in [0.4, 0.5) is 0 Å². The van der Waals surface area contributed by atoms with Crippen molar-refractivity contribution in [3.05, 3.63) is 54.9 Å². The molecule has 0 atom stereocenters. The van der Waals surface area contributed by atoms with Crippen LogP contribution in [0.5, 0.6) is 0 Å². The zero-order chi connectivity index (χ0) is 15.2. The third-order valence-electron chi connectivity index (χ3n) is 3.17. The first-order chi connectivity index (χ1) is 10.8. The number of para-hydroxylation sites is 1. The highest BCUT2D eigenvalue weighted by Crippen LogP contribution is 2.13. The molecule has 2 aromatic heterocycles. The molecule has 0 aliphatic rings. The summed E-state index contributed by atoms with van der Waals surface area (Å²) >= 11 is 0. The topological polar surface area (TPSA) is 90.5 Å². The second kappa shape index (κ2) is 6.61. The Kier molecular flexibility index (Phi) is 4.19. The lowest BCUT2D eigenvalue weighted by atomic mass is 10.1. The third-order valence-corrected chi connectivity index (χ3v) is 3.17. The van der Waals surface area contributed by atoms with Crippen molar-refractivity contribution in [2.75, 3.05) is 6.54 Å². The van der Waals surface area contributed by atoms with E-state index in [-0.39, 0.29) is 5.91 Å². The van der Waals surface area contributed by atoms with E-state index in [2.05, 4.69) is 25.8 Å². The fourth-order valence-corrected chi connectivity index (χ4v) is 2.11. The van der Waals surface area contributed by atoms with Gasteiger partial charge in [0.05, 0.1) is 17.4 Å². The van der Waals surface area contributed by atoms with Gasteiger partial charge in [-0.25, -0.2) is 0 Å². The molecule has 0 fully saturated rings. The minimum absolute atomic E-state index is 0.122. The molecule has 0 unspecified atom stereocenters. The van der Waals surface area contributed by atoms with Gasteiger partial charge in [-0.2, -0.15) is 0 Å². The first kappa shape index (κ1) is 13.9. The van der Waals surface area contributed by atoms with Gasteiger partial charge in [0.1, 0.15) is 12.7 Å². The van der Waals surface area contributed by atoms with Gasteiger partial charge in [0, 0.05) is 19.3 Å². The van der Waals surface area contributed by atoms with Crippen molar-refractivity contribution in [2.45, 2.75) is 13.0 Å². The summed E-state index contributed by atoms with van der Waals surface area (Å²) in [6.45, 7) is 1.28. The Bertz CT molecular complexity index is 722. The number of hydrogen-bond acceptors (Lipinski definition) is 5. The third kappa shape index (κ3) is 3.17. The van der Waals surface area contributed by atoms with Gasteiger partial charge < -0.3 is 5.32 Å². The lowest BCUT2D eigenvalue weighted by molar-refractivity contribution is 0.0952. The predicted octanol–water partition coefficient (Wildman–Crippen LogP) is 0.679. The largest absolute Gasteiger partial charge is 0.352 e. The van der Waals surface area contributed by atoms with Gasteiger partial charge >= 0.3 is 0 Å². The van der Waals surface area contributed by atoms with Crippen LogP contribution in [-0.2, 0) is 6.54 Å². The maximum absolute atomic E-state index is 12.3. The SMILES string of the molecule is O=C(NCCCn1ccnn1)c1ccccc1-n1cnnc1. The van der Waals surface area contributed by atoms with Crippen LogP contribution >= 0.6 is 0 Å². The molecule has 1 aromatic carbocycles. The standard InChI is InChI=1S/C14H15N7O/c22-14(15-6-3-8-21-9-7-16-19-21)12-4-1-2-5-13(12)20-10-17-18-11-20/h1-2,4-5,7,9-11H,3,6,8H2,(H,15,22). The van der Waals surface area contributed by atoms with Crippen molar-refractivity contribution in [2.24, 2.45) is 0 Å². The molecule has 0 aliphatic heterocycles. The number of aromatic nitrogens is 6. The number of nitrogens with zero attached hydrogens (tertiary/aromatic N) is 6. The van der Waals surface area contributed by atoms with Gasteiger partial charge in [-0.1, -0.05) is 17.3 Å². The Morgan fingerprint density at radius 3 is 2.73 bits per heavy atom. The minimum atomic E-state index is -0.122. The molecule has 1 N–H and O–H groups in total. The molecule has 2 heterocycles. The number of hydrogen-bond donors (Lipinski definition) is 1. The van der Waals surface area contributed by atoms with Gasteiger partial charge in [0.25, 0.3) is 5.91 Å². The molecule has 112 valence electrons. The lowest BCUT2D eigenvalue weighted by Gasteiger charge is -2.10. The smallest absolute Gasteiger partial charge is 0.253 e. The van der Waals surface area contributed by atoms with Crippen LogP contribution in [0.15, 0.2) is 49.3 Å². The summed E-state index contributed by atoms with van der Waals surface area (Å²) in [4.78, 5) is 12.3. The number of nitrogens with one attached hydrogen (secondary N) is 1. The van der Waals surface area contributed by atoms with Crippen molar-refractivity contribution < 1.29 is 4.79 Å². The fourth-order valence-electron chi connectivity index (χ4n) is 2.11. The molecule has 8 nitrogen and oxygen atoms in total. The fraction of sp³-hybridized carbons (Fsp3) is 0.214. The normalized spacial score (nSPS) is 10.5. The van der Waals surface area contributed by atoms with Crippen LogP contribution in [0.1, 0.15) is 16.8 Å². The number of amides is 1. The van der Waals surface area contributed by atoms with Gasteiger partial charge in [-0.15, -0.1) is 15.3 Å². The molecule has 1 amide bonds. The molecular formula is C14H15N7O. The highest BCUT2D eigenvalue weighted by Gasteiger charge is 2.11. The van der Waals surface area contributed by atoms with Crippen LogP contribution in [0.3, 0.4) is 0 Å². The average molecular weight is 297 g/mol. The number of carbonyl (C=O) groups is 1. The Morgan fingerprint density at radius 1 is 1.14 bits per heavy atom. The Labute approximate surface area is 126 Å². The van der Waals surface area contributed by atoms with E-state index < -0.39 is 0 Å². The van der Waals surface area contributed by atoms with Gasteiger partial charge in [-0.05, 0) is 18.6 Å². The van der Waals surface area contributed by atoms with Crippen LogP contribution in [-0.4, -0.2) is 42.2 Å². The predicted molar refractivity (Wildman–Crippen MR) is 78.3 cm³/mol. The Morgan fingerprint density at radius 2 is 1.95 bits per heavy atom. The van der Waals surface area contributed by atoms with Crippen molar-refractivity contribution in [1.29, 1.82) is 0 Å². The first-order valence-electron chi connectivity index (χ1n) is 6.91. The number of rotatable bonds is 6. The van der Waals surface area contributed by atoms with E-state index in [0.717, 1.165) is 12.1 Å². The van der Waals surface area contributed by atoms with Crippen molar-refractivity contribution in [3.63, 3.8) is 0 Å². The highest BCUT2D eigenvalue weighted by atomic mass is 16.1. The molecule has 3 rings (SSSR count). The zero-order valence-corrected chi connectivity index (χ0v) is 11.8. The summed E-state index contributed by atoms with van der Waals surface area (Å²) in [7, 11) is 0. The minimum Gasteiger partial charge on any atom is -0.352 e. The van der Waals surface area contributed by atoms with E-state index in [4.69, 9.17) is 0 Å². The molecule has 0 spiro atoms. The van der Waals surface area contributed by atoms with Gasteiger partial charge in [-0.3, -0.25) is 14.0 Å². The second-order valence-electron chi connectivity index (χ2n) is 4.66. The monoisotopic (exact) mass is 297 g/mol. The second-order valence-corrected chi connectivity index (χ2v) is 4.66. The van der Waals surface area contributed by atoms with Crippen LogP contribution in [0.2, 0.25) is 0 Å². The summed E-state index contributed by atoms with van der Waals surface area (Å²) < 4.78 is 3.45. The van der Waals surface area contributed by atoms with Gasteiger partial charge in [0.15, 0.2) is 0 Å². The Balaban J connectivity index is 1.60. The molecule has 0 saturated carbocycles. The first-order valence-corrected chi connectivity index (χ1v) is 6.91.